The third-order valence-electron chi connectivity index (χ3n) is 7.92. The van der Waals surface area contributed by atoms with Crippen LogP contribution in [0.1, 0.15) is 60.4 Å². The Morgan fingerprint density at radius 3 is 2.51 bits per heavy atom. The second-order valence-corrected chi connectivity index (χ2v) is 13.1. The van der Waals surface area contributed by atoms with Crippen molar-refractivity contribution in [2.45, 2.75) is 58.0 Å². The van der Waals surface area contributed by atoms with E-state index in [9.17, 15) is 14.4 Å². The van der Waals surface area contributed by atoms with E-state index >= 15 is 0 Å². The fourth-order valence-corrected chi connectivity index (χ4v) is 7.23. The highest BCUT2D eigenvalue weighted by atomic mass is 35.5. The fraction of sp³-hybridized carbons (Fsp3) is 0.294. The summed E-state index contributed by atoms with van der Waals surface area (Å²) in [7, 11) is 0. The minimum Gasteiger partial charge on any atom is -0.384 e. The Hall–Kier alpha value is -3.53. The predicted molar refractivity (Wildman–Crippen MR) is 166 cm³/mol. The smallest absolute Gasteiger partial charge is 0.162 e. The van der Waals surface area contributed by atoms with Crippen LogP contribution >= 0.6 is 23.4 Å². The number of ketones is 1. The van der Waals surface area contributed by atoms with Gasteiger partial charge in [-0.25, -0.2) is 4.39 Å². The molecule has 2 N–H and O–H groups in total. The molecule has 0 saturated heterocycles. The molecule has 0 fully saturated rings. The quantitative estimate of drug-likeness (QED) is 0.314. The van der Waals surface area contributed by atoms with Crippen LogP contribution in [0, 0.1) is 36.4 Å². The van der Waals surface area contributed by atoms with Gasteiger partial charge in [-0.2, -0.15) is 17.0 Å². The van der Waals surface area contributed by atoms with E-state index in [0.717, 1.165) is 33.9 Å². The third-order valence-corrected chi connectivity index (χ3v) is 9.26. The van der Waals surface area contributed by atoms with Crippen molar-refractivity contribution in [1.82, 2.24) is 0 Å². The van der Waals surface area contributed by atoms with E-state index in [1.54, 1.807) is 11.0 Å². The van der Waals surface area contributed by atoms with Gasteiger partial charge in [0.05, 0.1) is 22.6 Å². The number of benzene rings is 3. The summed E-state index contributed by atoms with van der Waals surface area (Å²) in [4.78, 5) is 15.7. The van der Waals surface area contributed by atoms with Gasteiger partial charge >= 0.3 is 0 Å². The van der Waals surface area contributed by atoms with Crippen molar-refractivity contribution < 1.29 is 9.18 Å². The molecule has 0 amide bonds. The predicted octanol–water partition coefficient (Wildman–Crippen LogP) is 8.47. The first-order valence-electron chi connectivity index (χ1n) is 13.6. The van der Waals surface area contributed by atoms with Crippen LogP contribution in [-0.2, 0) is 16.3 Å². The molecule has 1 atom stereocenters. The lowest BCUT2D eigenvalue weighted by atomic mass is 9.68. The number of allylic oxidation sites excluding steroid dienone is 3. The summed E-state index contributed by atoms with van der Waals surface area (Å²) in [5.74, 6) is 0.808. The fourth-order valence-electron chi connectivity index (χ4n) is 6.01. The van der Waals surface area contributed by atoms with Crippen LogP contribution in [0.5, 0.6) is 0 Å². The number of halogens is 2. The maximum absolute atomic E-state index is 14.1. The Morgan fingerprint density at radius 1 is 1.10 bits per heavy atom. The number of aryl methyl sites for hydroxylation is 1. The molecule has 2 aliphatic rings. The van der Waals surface area contributed by atoms with Crippen molar-refractivity contribution >= 4 is 34.8 Å². The van der Waals surface area contributed by atoms with Crippen LogP contribution in [0.4, 0.5) is 10.1 Å². The Labute approximate surface area is 250 Å². The number of Topliss-reactive ketones (excluding diaryl/α,β-unsaturated/α-hetero) is 1. The maximum Gasteiger partial charge on any atom is 0.162 e. The normalized spacial score (nSPS) is 18.4. The maximum atomic E-state index is 14.1. The van der Waals surface area contributed by atoms with Crippen molar-refractivity contribution in [2.75, 3.05) is 4.90 Å². The summed E-state index contributed by atoms with van der Waals surface area (Å²) in [6.45, 7) is 8.23. The monoisotopic (exact) mass is 585 g/mol. The molecule has 0 saturated carbocycles. The highest BCUT2D eigenvalue weighted by molar-refractivity contribution is 7.97. The second kappa shape index (κ2) is 11.4. The molecule has 4 nitrogen and oxygen atoms in total. The summed E-state index contributed by atoms with van der Waals surface area (Å²) in [6.07, 6.45) is 0.938. The number of nitrogens with two attached hydrogens (primary N) is 1. The zero-order valence-electron chi connectivity index (χ0n) is 23.7. The van der Waals surface area contributed by atoms with Gasteiger partial charge in [-0.1, -0.05) is 73.5 Å². The SMILES string of the molecule is Cc1cc(CSCc2ccccc2)c(C)c(C2C(C#N)=C(N)N(c3ccc(F)c(Cl)c3)C3=C2C(=O)CC(C)(C)C3)c1. The van der Waals surface area contributed by atoms with Crippen molar-refractivity contribution in [1.29, 1.82) is 5.26 Å². The van der Waals surface area contributed by atoms with Gasteiger partial charge in [-0.05, 0) is 66.1 Å². The lowest BCUT2D eigenvalue weighted by Crippen LogP contribution is -2.42. The molecule has 3 aromatic rings. The molecule has 3 aromatic carbocycles. The van der Waals surface area contributed by atoms with Crippen molar-refractivity contribution in [3.05, 3.63) is 122 Å². The molecule has 1 heterocycles. The minimum atomic E-state index is -0.580. The second-order valence-electron chi connectivity index (χ2n) is 11.7. The number of carbonyl (C=O) groups is 1. The highest BCUT2D eigenvalue weighted by Gasteiger charge is 2.45. The standard InChI is InChI=1S/C34H33ClFN3OS/c1-20-12-23(19-41-18-22-8-6-5-7-9-22)21(2)25(13-20)31-26(17-37)33(38)39(24-10-11-28(36)27(35)14-24)29-15-34(3,4)16-30(40)32(29)31/h5-14,31H,15-16,18-19,38H2,1-4H3. The van der Waals surface area contributed by atoms with E-state index in [0.29, 0.717) is 29.7 Å². The molecule has 210 valence electrons. The van der Waals surface area contributed by atoms with Gasteiger partial charge in [0.25, 0.3) is 0 Å². The van der Waals surface area contributed by atoms with E-state index in [1.807, 2.05) is 36.9 Å². The number of carbonyl (C=O) groups excluding carboxylic acids is 1. The van der Waals surface area contributed by atoms with Gasteiger partial charge in [0.15, 0.2) is 5.78 Å². The van der Waals surface area contributed by atoms with E-state index < -0.39 is 11.7 Å². The van der Waals surface area contributed by atoms with Gasteiger partial charge in [-0.3, -0.25) is 9.69 Å². The van der Waals surface area contributed by atoms with Crippen LogP contribution < -0.4 is 10.6 Å². The van der Waals surface area contributed by atoms with Crippen LogP contribution in [0.3, 0.4) is 0 Å². The zero-order valence-corrected chi connectivity index (χ0v) is 25.3. The molecule has 0 spiro atoms. The lowest BCUT2D eigenvalue weighted by molar-refractivity contribution is -0.118. The Bertz CT molecular complexity index is 1640. The van der Waals surface area contributed by atoms with Crippen molar-refractivity contribution in [2.24, 2.45) is 11.1 Å². The summed E-state index contributed by atoms with van der Waals surface area (Å²) in [5, 5.41) is 10.4. The van der Waals surface area contributed by atoms with Gasteiger partial charge in [0.1, 0.15) is 11.6 Å². The van der Waals surface area contributed by atoms with E-state index in [1.165, 1.54) is 23.3 Å². The topological polar surface area (TPSA) is 70.1 Å². The van der Waals surface area contributed by atoms with Crippen molar-refractivity contribution in [3.8, 4) is 6.07 Å². The molecule has 41 heavy (non-hydrogen) atoms. The number of hydrogen-bond acceptors (Lipinski definition) is 5. The largest absolute Gasteiger partial charge is 0.384 e. The van der Waals surface area contributed by atoms with E-state index in [4.69, 9.17) is 17.3 Å². The van der Waals surface area contributed by atoms with Crippen LogP contribution in [0.2, 0.25) is 5.02 Å². The van der Waals surface area contributed by atoms with Crippen LogP contribution in [0.25, 0.3) is 0 Å². The first-order chi connectivity index (χ1) is 19.5. The molecule has 0 aromatic heterocycles. The summed E-state index contributed by atoms with van der Waals surface area (Å²) in [5.41, 5.74) is 14.2. The number of rotatable bonds is 6. The molecule has 1 unspecified atom stereocenters. The van der Waals surface area contributed by atoms with Crippen LogP contribution in [-0.4, -0.2) is 5.78 Å². The average Bonchev–Trinajstić information content (AvgIpc) is 2.91. The Balaban J connectivity index is 1.64. The summed E-state index contributed by atoms with van der Waals surface area (Å²) in [6, 6.07) is 21.3. The molecule has 1 aliphatic carbocycles. The molecule has 0 radical (unpaired) electrons. The highest BCUT2D eigenvalue weighted by Crippen LogP contribution is 2.51. The number of anilines is 1. The molecule has 5 rings (SSSR count). The van der Waals surface area contributed by atoms with Gasteiger partial charge in [0, 0.05) is 34.9 Å². The van der Waals surface area contributed by atoms with E-state index in [2.05, 4.69) is 51.1 Å². The molecule has 0 bridgehead atoms. The van der Waals surface area contributed by atoms with Gasteiger partial charge in [0.2, 0.25) is 0 Å². The molecule has 7 heteroatoms. The number of nitriles is 1. The molecule has 1 aliphatic heterocycles. The lowest BCUT2D eigenvalue weighted by Gasteiger charge is -2.44. The minimum absolute atomic E-state index is 0.000572. The third kappa shape index (κ3) is 5.66. The first kappa shape index (κ1) is 29.0. The van der Waals surface area contributed by atoms with Gasteiger partial charge in [-0.15, -0.1) is 0 Å². The average molecular weight is 586 g/mol. The Kier molecular flexibility index (Phi) is 8.05. The summed E-state index contributed by atoms with van der Waals surface area (Å²) >= 11 is 8.00. The number of nitrogens with zero attached hydrogens (tertiary/aromatic N) is 2. The molecular formula is C34H33ClFN3OS. The summed E-state index contributed by atoms with van der Waals surface area (Å²) < 4.78 is 14.1. The number of thioether (sulfide) groups is 1. The van der Waals surface area contributed by atoms with Crippen LogP contribution in [0.15, 0.2) is 83.3 Å². The van der Waals surface area contributed by atoms with Gasteiger partial charge < -0.3 is 5.73 Å². The van der Waals surface area contributed by atoms with Crippen molar-refractivity contribution in [3.63, 3.8) is 0 Å². The van der Waals surface area contributed by atoms with E-state index in [-0.39, 0.29) is 22.0 Å². The zero-order chi connectivity index (χ0) is 29.5. The first-order valence-corrected chi connectivity index (χ1v) is 15.2. The number of hydrogen-bond donors (Lipinski definition) is 1. The molecular weight excluding hydrogens is 553 g/mol. The Morgan fingerprint density at radius 2 is 1.83 bits per heavy atom.